The minimum Gasteiger partial charge on any atom is -0.478 e. The molecule has 1 aromatic carbocycles. The van der Waals surface area contributed by atoms with Crippen molar-refractivity contribution in [1.29, 1.82) is 0 Å². The molecule has 0 aliphatic heterocycles. The molecule has 9 atom stereocenters. The third-order valence-corrected chi connectivity index (χ3v) is 16.6. The first-order valence-electron chi connectivity index (χ1n) is 19.1. The van der Waals surface area contributed by atoms with Crippen molar-refractivity contribution >= 4 is 28.0 Å². The average Bonchev–Trinajstić information content (AvgIpc) is 3.71. The molecule has 5 aliphatic carbocycles. The van der Waals surface area contributed by atoms with Gasteiger partial charge in [-0.1, -0.05) is 71.0 Å². The molecule has 2 aromatic heterocycles. The van der Waals surface area contributed by atoms with Gasteiger partial charge in [0, 0.05) is 17.1 Å². The van der Waals surface area contributed by atoms with Crippen LogP contribution in [0.3, 0.4) is 0 Å². The Labute approximate surface area is 303 Å². The number of nitrogens with zero attached hydrogens (tertiary/aromatic N) is 2. The Morgan fingerprint density at radius 3 is 2.38 bits per heavy atom. The van der Waals surface area contributed by atoms with E-state index >= 15 is 0 Å². The molecule has 264 valence electrons. The monoisotopic (exact) mass is 689 g/mol. The zero-order valence-electron chi connectivity index (χ0n) is 30.9. The number of benzene rings is 1. The summed E-state index contributed by atoms with van der Waals surface area (Å²) < 4.78 is 0. The molecule has 4 fully saturated rings. The maximum atomic E-state index is 11.6. The fourth-order valence-electron chi connectivity index (χ4n) is 13.4. The van der Waals surface area contributed by atoms with Crippen LogP contribution >= 0.6 is 11.3 Å². The smallest absolute Gasteiger partial charge is 0.335 e. The van der Waals surface area contributed by atoms with Gasteiger partial charge in [-0.25, -0.2) is 9.78 Å². The normalized spacial score (nSPS) is 38.5. The first-order valence-corrected chi connectivity index (χ1v) is 20.0. The molecule has 4 saturated carbocycles. The first kappa shape index (κ1) is 33.9. The van der Waals surface area contributed by atoms with Crippen molar-refractivity contribution in [2.45, 2.75) is 105 Å². The maximum absolute atomic E-state index is 11.6. The van der Waals surface area contributed by atoms with Crippen LogP contribution in [0.5, 0.6) is 0 Å². The van der Waals surface area contributed by atoms with Gasteiger partial charge in [-0.2, -0.15) is 0 Å². The first-order chi connectivity index (χ1) is 23.7. The lowest BCUT2D eigenvalue weighted by molar-refractivity contribution is -0.216. The molecule has 0 bridgehead atoms. The topological polar surface area (TPSA) is 75.1 Å². The number of allylic oxidation sites excluding steroid dienone is 3. The average molecular weight is 690 g/mol. The summed E-state index contributed by atoms with van der Waals surface area (Å²) in [6, 6.07) is 13.7. The molecule has 0 spiro atoms. The van der Waals surface area contributed by atoms with E-state index in [1.54, 1.807) is 23.5 Å². The number of hydrogen-bond donors (Lipinski definition) is 2. The molecule has 2 heterocycles. The van der Waals surface area contributed by atoms with Gasteiger partial charge >= 0.3 is 5.97 Å². The largest absolute Gasteiger partial charge is 0.478 e. The molecular formula is C44H55N3O2S. The van der Waals surface area contributed by atoms with Gasteiger partial charge in [0.1, 0.15) is 5.69 Å². The number of carboxylic acid groups (broad SMARTS) is 1. The van der Waals surface area contributed by atoms with Crippen LogP contribution < -0.4 is 5.32 Å². The van der Waals surface area contributed by atoms with Crippen molar-refractivity contribution in [2.24, 2.45) is 51.2 Å². The molecule has 3 unspecified atom stereocenters. The van der Waals surface area contributed by atoms with Gasteiger partial charge < -0.3 is 10.4 Å². The zero-order valence-corrected chi connectivity index (χ0v) is 31.7. The molecule has 8 rings (SSSR count). The highest BCUT2D eigenvalue weighted by atomic mass is 32.1. The summed E-state index contributed by atoms with van der Waals surface area (Å²) >= 11 is 1.73. The summed E-state index contributed by atoms with van der Waals surface area (Å²) in [7, 11) is 0. The lowest BCUT2D eigenvalue weighted by Crippen LogP contribution is -2.67. The van der Waals surface area contributed by atoms with Crippen molar-refractivity contribution in [2.75, 3.05) is 5.32 Å². The molecule has 0 saturated heterocycles. The van der Waals surface area contributed by atoms with Crippen LogP contribution in [-0.2, 0) is 0 Å². The second-order valence-corrected chi connectivity index (χ2v) is 19.0. The maximum Gasteiger partial charge on any atom is 0.335 e. The molecule has 50 heavy (non-hydrogen) atoms. The molecule has 3 aromatic rings. The molecular weight excluding hydrogens is 635 g/mol. The van der Waals surface area contributed by atoms with Crippen molar-refractivity contribution in [3.05, 3.63) is 83.4 Å². The Bertz CT molecular complexity index is 1850. The Morgan fingerprint density at radius 1 is 0.900 bits per heavy atom. The van der Waals surface area contributed by atoms with Gasteiger partial charge in [-0.05, 0) is 151 Å². The molecule has 2 N–H and O–H groups in total. The highest BCUT2D eigenvalue weighted by molar-refractivity contribution is 7.14. The van der Waals surface area contributed by atoms with Crippen LogP contribution in [-0.4, -0.2) is 26.6 Å². The number of carboxylic acids is 1. The van der Waals surface area contributed by atoms with Crippen LogP contribution in [0.15, 0.2) is 72.3 Å². The van der Waals surface area contributed by atoms with E-state index < -0.39 is 5.97 Å². The van der Waals surface area contributed by atoms with Crippen LogP contribution in [0.25, 0.3) is 17.0 Å². The number of thiazole rings is 1. The predicted molar refractivity (Wildman–Crippen MR) is 205 cm³/mol. The number of aromatic carboxylic acids is 1. The lowest BCUT2D eigenvalue weighted by Gasteiger charge is -2.72. The Hall–Kier alpha value is -3.25. The fourth-order valence-corrected chi connectivity index (χ4v) is 14.2. The number of carbonyl (C=O) groups is 1. The Morgan fingerprint density at radius 2 is 1.68 bits per heavy atom. The van der Waals surface area contributed by atoms with Crippen molar-refractivity contribution in [3.63, 3.8) is 0 Å². The van der Waals surface area contributed by atoms with E-state index in [0.29, 0.717) is 35.2 Å². The van der Waals surface area contributed by atoms with E-state index in [1.807, 2.05) is 30.5 Å². The summed E-state index contributed by atoms with van der Waals surface area (Å²) in [4.78, 5) is 21.2. The lowest BCUT2D eigenvalue weighted by atomic mass is 9.33. The minimum absolute atomic E-state index is 0.0147. The zero-order chi connectivity index (χ0) is 35.3. The number of anilines is 1. The molecule has 5 aliphatic rings. The van der Waals surface area contributed by atoms with Crippen LogP contribution in [0.2, 0.25) is 0 Å². The molecule has 0 radical (unpaired) electrons. The van der Waals surface area contributed by atoms with E-state index in [4.69, 9.17) is 4.98 Å². The Balaban J connectivity index is 1.11. The number of hydrogen-bond acceptors (Lipinski definition) is 5. The highest BCUT2D eigenvalue weighted by Gasteiger charge is 2.70. The summed E-state index contributed by atoms with van der Waals surface area (Å²) in [5.41, 5.74) is 7.04. The number of aromatic nitrogens is 2. The van der Waals surface area contributed by atoms with Gasteiger partial charge in [-0.15, -0.1) is 11.3 Å². The number of rotatable bonds is 6. The van der Waals surface area contributed by atoms with Crippen LogP contribution in [0.1, 0.15) is 115 Å². The van der Waals surface area contributed by atoms with Gasteiger partial charge in [0.05, 0.1) is 11.3 Å². The summed E-state index contributed by atoms with van der Waals surface area (Å²) in [6.07, 6.45) is 15.5. The number of pyridine rings is 1. The quantitative estimate of drug-likeness (QED) is 0.252. The van der Waals surface area contributed by atoms with Crippen molar-refractivity contribution in [3.8, 4) is 11.4 Å². The van der Waals surface area contributed by atoms with E-state index in [2.05, 4.69) is 75.9 Å². The number of nitrogens with one attached hydrogen (secondary N) is 1. The van der Waals surface area contributed by atoms with Crippen molar-refractivity contribution < 1.29 is 9.90 Å². The van der Waals surface area contributed by atoms with E-state index in [-0.39, 0.29) is 27.2 Å². The summed E-state index contributed by atoms with van der Waals surface area (Å²) in [6.45, 7) is 19.9. The Kier molecular flexibility index (Phi) is 7.88. The summed E-state index contributed by atoms with van der Waals surface area (Å²) in [5.74, 6) is 2.15. The van der Waals surface area contributed by atoms with Crippen LogP contribution in [0, 0.1) is 51.2 Å². The third kappa shape index (κ3) is 4.79. The highest BCUT2D eigenvalue weighted by Crippen LogP contribution is 2.77. The van der Waals surface area contributed by atoms with Crippen LogP contribution in [0.4, 0.5) is 5.13 Å². The molecule has 0 amide bonds. The van der Waals surface area contributed by atoms with E-state index in [9.17, 15) is 9.90 Å². The molecule has 6 heteroatoms. The molecule has 5 nitrogen and oxygen atoms in total. The summed E-state index contributed by atoms with van der Waals surface area (Å²) in [5, 5.41) is 16.9. The van der Waals surface area contributed by atoms with Gasteiger partial charge in [0.2, 0.25) is 0 Å². The van der Waals surface area contributed by atoms with Gasteiger partial charge in [-0.3, -0.25) is 4.98 Å². The standard InChI is InChI=1S/C44H55N3O2S/c1-27(2)30-17-22-44(47-39-46-34(26-50-39)33-10-8-9-25-45-33)24-23-42(6)32(37(30)44)15-16-36-41(5)20-18-31(28-11-13-29(14-12-28)38(48)49)40(3,4)35(41)19-21-43(36,42)7/h8-14,18,25-26,30,32,35-37H,1,15-17,19-24H2,2-7H3,(H,46,47)(H,48,49)/t30-,32+,35?,36?,37?,41-,42+,43+,44-/m0/s1. The second kappa shape index (κ2) is 11.6. The second-order valence-electron chi connectivity index (χ2n) is 18.1. The van der Waals surface area contributed by atoms with Gasteiger partial charge in [0.25, 0.3) is 0 Å². The fraction of sp³-hybridized carbons (Fsp3) is 0.568. The number of fused-ring (bicyclic) bond motifs is 7. The third-order valence-electron chi connectivity index (χ3n) is 15.9. The van der Waals surface area contributed by atoms with Gasteiger partial charge in [0.15, 0.2) is 5.13 Å². The van der Waals surface area contributed by atoms with E-state index in [0.717, 1.165) is 22.9 Å². The predicted octanol–water partition coefficient (Wildman–Crippen LogP) is 11.4. The minimum atomic E-state index is -0.863. The van der Waals surface area contributed by atoms with Crippen molar-refractivity contribution in [1.82, 2.24) is 9.97 Å². The van der Waals surface area contributed by atoms with E-state index in [1.165, 1.54) is 68.1 Å². The SMILES string of the molecule is C=C(C)[C@@H]1CC[C@]2(Nc3nc(-c4ccccn4)cs3)CC[C@]3(C)[C@H](CCC4[C@@]5(C)CC=C(c6ccc(C(=O)O)cc6)C(C)(C)C5CC[C@]43C)C12.